The van der Waals surface area contributed by atoms with Crippen LogP contribution in [0.2, 0.25) is 0 Å². The van der Waals surface area contributed by atoms with Gasteiger partial charge >= 0.3 is 11.9 Å². The van der Waals surface area contributed by atoms with Crippen molar-refractivity contribution in [2.75, 3.05) is 32.2 Å². The number of ether oxygens (including phenoxy) is 4. The first kappa shape index (κ1) is 43.5. The highest BCUT2D eigenvalue weighted by atomic mass is 16.6. The molecule has 11 heteroatoms. The van der Waals surface area contributed by atoms with Crippen molar-refractivity contribution in [2.45, 2.75) is 97.8 Å². The standard InChI is InChI=1S/C24H29NO5.C23H29NO4/c1-4-5-10-29-23-14-19(9-7-17(23)3)21-13-20(24(26)30-15-21)11-18-8-6-16(2)22(12-18)25(27)28;1-3-4-9-27-22-13-17(7-5-15(22)2)19-12-18(23(26)28-14-19)10-16-6-8-21(25)20(24)11-16/h6-9,12,14,20-21H,4-5,10-11,13,15H2,1-3H3;5-8,11,13,18-19,25H,3-4,9-10,12,14,24H2,1-2H3/t20?,21-;18?,19-/m11/s1. The van der Waals surface area contributed by atoms with Gasteiger partial charge in [0.15, 0.2) is 0 Å². The van der Waals surface area contributed by atoms with Crippen molar-refractivity contribution < 1.29 is 38.6 Å². The lowest BCUT2D eigenvalue weighted by Gasteiger charge is -2.29. The SMILES string of the molecule is CCCCOc1cc([C@H]2COC(=O)C(Cc3ccc(C)c([N+](=O)[O-])c3)C2)ccc1C.CCCCOc1cc([C@H]2COC(=O)C(Cc3ccc(O)c(N)c3)C2)ccc1C. The number of hydrogen-bond donors (Lipinski definition) is 2. The number of rotatable bonds is 15. The number of nitrogens with two attached hydrogens (primary N) is 1. The number of benzene rings is 4. The van der Waals surface area contributed by atoms with Crippen molar-refractivity contribution in [2.24, 2.45) is 11.8 Å². The Kier molecular flexibility index (Phi) is 15.6. The normalized spacial score (nSPS) is 19.0. The number of phenols is 1. The highest BCUT2D eigenvalue weighted by molar-refractivity contribution is 5.74. The summed E-state index contributed by atoms with van der Waals surface area (Å²) in [6, 6.07) is 22.7. The maximum atomic E-state index is 12.4. The van der Waals surface area contributed by atoms with E-state index in [0.29, 0.717) is 56.9 Å². The molecule has 4 aromatic carbocycles. The molecule has 11 nitrogen and oxygen atoms in total. The summed E-state index contributed by atoms with van der Waals surface area (Å²) in [4.78, 5) is 35.5. The van der Waals surface area contributed by atoms with Crippen molar-refractivity contribution in [3.8, 4) is 17.2 Å². The van der Waals surface area contributed by atoms with Crippen LogP contribution in [0.4, 0.5) is 11.4 Å². The fraction of sp³-hybridized carbons (Fsp3) is 0.447. The number of anilines is 1. The topological polar surface area (TPSA) is 160 Å². The average Bonchev–Trinajstić information content (AvgIpc) is 3.20. The van der Waals surface area contributed by atoms with Gasteiger partial charge in [0.05, 0.1) is 48.9 Å². The van der Waals surface area contributed by atoms with Crippen molar-refractivity contribution in [3.05, 3.63) is 122 Å². The number of hydrogen-bond acceptors (Lipinski definition) is 10. The third kappa shape index (κ3) is 11.7. The Labute approximate surface area is 342 Å². The van der Waals surface area contributed by atoms with Gasteiger partial charge < -0.3 is 29.8 Å². The van der Waals surface area contributed by atoms with Crippen LogP contribution < -0.4 is 15.2 Å². The summed E-state index contributed by atoms with van der Waals surface area (Å²) >= 11 is 0. The van der Waals surface area contributed by atoms with E-state index in [-0.39, 0.29) is 52.0 Å². The first-order chi connectivity index (χ1) is 27.9. The number of nitrogens with zero attached hydrogens (tertiary/aromatic N) is 1. The third-order valence-corrected chi connectivity index (χ3v) is 11.1. The quantitative estimate of drug-likeness (QED) is 0.0296. The Morgan fingerprint density at radius 2 is 1.17 bits per heavy atom. The maximum Gasteiger partial charge on any atom is 0.309 e. The lowest BCUT2D eigenvalue weighted by atomic mass is 9.83. The maximum absolute atomic E-state index is 12.4. The largest absolute Gasteiger partial charge is 0.506 e. The Morgan fingerprint density at radius 1 is 0.707 bits per heavy atom. The monoisotopic (exact) mass is 794 g/mol. The minimum atomic E-state index is -0.382. The molecule has 2 saturated heterocycles. The van der Waals surface area contributed by atoms with Crippen LogP contribution in [0, 0.1) is 42.7 Å². The highest BCUT2D eigenvalue weighted by Gasteiger charge is 2.33. The number of phenolic OH excluding ortho intramolecular Hbond substituents is 1. The van der Waals surface area contributed by atoms with Gasteiger partial charge in [0.2, 0.25) is 0 Å². The summed E-state index contributed by atoms with van der Waals surface area (Å²) in [5, 5.41) is 20.8. The molecule has 0 aromatic heterocycles. The predicted octanol–water partition coefficient (Wildman–Crippen LogP) is 9.63. The molecule has 6 rings (SSSR count). The van der Waals surface area contributed by atoms with Crippen molar-refractivity contribution in [1.29, 1.82) is 0 Å². The molecule has 2 aliphatic heterocycles. The number of carbonyl (C=O) groups excluding carboxylic acids is 2. The number of nitro groups is 1. The van der Waals surface area contributed by atoms with Gasteiger partial charge in [-0.15, -0.1) is 0 Å². The Hall–Kier alpha value is -5.58. The summed E-state index contributed by atoms with van der Waals surface area (Å²) < 4.78 is 22.8. The summed E-state index contributed by atoms with van der Waals surface area (Å²) in [6.45, 7) is 12.2. The Morgan fingerprint density at radius 3 is 1.64 bits per heavy atom. The average molecular weight is 795 g/mol. The second kappa shape index (κ2) is 20.7. The van der Waals surface area contributed by atoms with E-state index in [1.54, 1.807) is 37.3 Å². The molecule has 2 fully saturated rings. The van der Waals surface area contributed by atoms with Gasteiger partial charge in [-0.3, -0.25) is 19.7 Å². The van der Waals surface area contributed by atoms with Crippen LogP contribution in [0.5, 0.6) is 17.2 Å². The van der Waals surface area contributed by atoms with Crippen LogP contribution >= 0.6 is 0 Å². The molecular weight excluding hydrogens is 737 g/mol. The molecule has 4 atom stereocenters. The molecule has 2 aliphatic rings. The third-order valence-electron chi connectivity index (χ3n) is 11.1. The lowest BCUT2D eigenvalue weighted by Crippen LogP contribution is -2.31. The minimum Gasteiger partial charge on any atom is -0.506 e. The highest BCUT2D eigenvalue weighted by Crippen LogP contribution is 2.36. The molecule has 0 bridgehead atoms. The Bertz CT molecular complexity index is 2050. The molecule has 58 heavy (non-hydrogen) atoms. The molecule has 0 amide bonds. The zero-order valence-corrected chi connectivity index (χ0v) is 34.5. The second-order valence-electron chi connectivity index (χ2n) is 15.7. The molecule has 0 aliphatic carbocycles. The van der Waals surface area contributed by atoms with Crippen LogP contribution in [0.25, 0.3) is 0 Å². The smallest absolute Gasteiger partial charge is 0.309 e. The van der Waals surface area contributed by atoms with Crippen LogP contribution in [0.3, 0.4) is 0 Å². The zero-order valence-electron chi connectivity index (χ0n) is 34.5. The van der Waals surface area contributed by atoms with Crippen molar-refractivity contribution in [1.82, 2.24) is 0 Å². The van der Waals surface area contributed by atoms with Gasteiger partial charge in [0, 0.05) is 23.5 Å². The predicted molar refractivity (Wildman–Crippen MR) is 225 cm³/mol. The Balaban J connectivity index is 0.000000221. The zero-order chi connectivity index (χ0) is 41.8. The summed E-state index contributed by atoms with van der Waals surface area (Å²) in [5.41, 5.74) is 12.9. The van der Waals surface area contributed by atoms with Gasteiger partial charge in [-0.1, -0.05) is 69.2 Å². The van der Waals surface area contributed by atoms with Crippen LogP contribution in [-0.2, 0) is 31.9 Å². The van der Waals surface area contributed by atoms with E-state index in [2.05, 4.69) is 44.2 Å². The van der Waals surface area contributed by atoms with E-state index in [4.69, 9.17) is 24.7 Å². The van der Waals surface area contributed by atoms with Crippen molar-refractivity contribution in [3.63, 3.8) is 0 Å². The minimum absolute atomic E-state index is 0.0584. The van der Waals surface area contributed by atoms with Crippen LogP contribution in [0.1, 0.15) is 103 Å². The number of carbonyl (C=O) groups is 2. The van der Waals surface area contributed by atoms with Gasteiger partial charge in [0.25, 0.3) is 5.69 Å². The number of nitrogen functional groups attached to an aromatic ring is 1. The molecule has 0 saturated carbocycles. The number of aryl methyl sites for hydroxylation is 3. The molecular formula is C47H58N2O9. The van der Waals surface area contributed by atoms with Gasteiger partial charge in [-0.25, -0.2) is 0 Å². The van der Waals surface area contributed by atoms with E-state index >= 15 is 0 Å². The molecule has 2 unspecified atom stereocenters. The summed E-state index contributed by atoms with van der Waals surface area (Å²) in [7, 11) is 0. The van der Waals surface area contributed by atoms with Gasteiger partial charge in [-0.2, -0.15) is 0 Å². The fourth-order valence-electron chi connectivity index (χ4n) is 7.40. The first-order valence-electron chi connectivity index (χ1n) is 20.5. The molecule has 310 valence electrons. The van der Waals surface area contributed by atoms with E-state index in [1.807, 2.05) is 26.0 Å². The fourth-order valence-corrected chi connectivity index (χ4v) is 7.40. The lowest BCUT2D eigenvalue weighted by molar-refractivity contribution is -0.385. The molecule has 3 N–H and O–H groups in total. The van der Waals surface area contributed by atoms with E-state index in [0.717, 1.165) is 77.0 Å². The van der Waals surface area contributed by atoms with Crippen molar-refractivity contribution >= 4 is 23.3 Å². The number of cyclic esters (lactones) is 2. The van der Waals surface area contributed by atoms with E-state index < -0.39 is 0 Å². The molecule has 0 radical (unpaired) electrons. The van der Waals surface area contributed by atoms with E-state index in [1.165, 1.54) is 0 Å². The first-order valence-corrected chi connectivity index (χ1v) is 20.5. The summed E-state index contributed by atoms with van der Waals surface area (Å²) in [5.74, 6) is 1.12. The number of esters is 2. The van der Waals surface area contributed by atoms with E-state index in [9.17, 15) is 24.8 Å². The van der Waals surface area contributed by atoms with Gasteiger partial charge in [-0.05, 0) is 117 Å². The molecule has 2 heterocycles. The van der Waals surface area contributed by atoms with Gasteiger partial charge in [0.1, 0.15) is 17.2 Å². The number of aromatic hydroxyl groups is 1. The number of nitro benzene ring substituents is 1. The molecule has 0 spiro atoms. The second-order valence-corrected chi connectivity index (χ2v) is 15.7. The molecule has 4 aromatic rings. The van der Waals surface area contributed by atoms with Crippen LogP contribution in [0.15, 0.2) is 72.8 Å². The number of unbranched alkanes of at least 4 members (excludes halogenated alkanes) is 2. The summed E-state index contributed by atoms with van der Waals surface area (Å²) in [6.07, 6.45) is 6.57. The van der Waals surface area contributed by atoms with Crippen LogP contribution in [-0.4, -0.2) is 48.4 Å².